The summed E-state index contributed by atoms with van der Waals surface area (Å²) in [6, 6.07) is 0.151. The van der Waals surface area contributed by atoms with Crippen LogP contribution in [0.5, 0.6) is 0 Å². The number of nitrogens with zero attached hydrogens (tertiary/aromatic N) is 4. The molecule has 150 valence electrons. The number of rotatable bonds is 4. The van der Waals surface area contributed by atoms with Gasteiger partial charge in [0, 0.05) is 5.92 Å². The molecule has 0 amide bonds. The van der Waals surface area contributed by atoms with Crippen LogP contribution in [0.3, 0.4) is 0 Å². The maximum Gasteiger partial charge on any atom is 0.253 e. The normalized spacial score (nSPS) is 43.6. The molecule has 2 aliphatic heterocycles. The highest BCUT2D eigenvalue weighted by atomic mass is 16.6. The molecule has 4 aliphatic rings. The van der Waals surface area contributed by atoms with Crippen LogP contribution < -0.4 is 10.0 Å². The first kappa shape index (κ1) is 16.9. The average molecular weight is 391 g/mol. The predicted octanol–water partition coefficient (Wildman–Crippen LogP) is -1.74. The maximum absolute atomic E-state index is 12.4. The zero-order valence-corrected chi connectivity index (χ0v) is 14.8. The fourth-order valence-corrected chi connectivity index (χ4v) is 5.29. The molecule has 9 atom stereocenters. The van der Waals surface area contributed by atoms with E-state index in [1.54, 1.807) is 0 Å². The van der Waals surface area contributed by atoms with Gasteiger partial charge in [0.1, 0.15) is 24.6 Å². The Balaban J connectivity index is 1.34. The molecule has 11 nitrogen and oxygen atoms in total. The summed E-state index contributed by atoms with van der Waals surface area (Å²) < 4.78 is 13.4. The van der Waals surface area contributed by atoms with E-state index in [0.717, 1.165) is 19.2 Å². The molecule has 2 aliphatic carbocycles. The van der Waals surface area contributed by atoms with Crippen molar-refractivity contribution in [1.82, 2.24) is 14.5 Å². The maximum atomic E-state index is 12.4. The number of anilines is 1. The molecule has 0 spiro atoms. The van der Waals surface area contributed by atoms with Gasteiger partial charge in [-0.1, -0.05) is 4.98 Å². The number of hydrogen-bond donors (Lipinski definition) is 4. The van der Waals surface area contributed by atoms with Gasteiger partial charge in [0.2, 0.25) is 12.0 Å². The SMILES string of the molecule is [O-][n+]1cnc2c(ncn2[C@@H]2O[C@H](CO)[C@@H](O)[C@H]2O)c1NC1CC2CC1C1OC21. The van der Waals surface area contributed by atoms with E-state index in [2.05, 4.69) is 15.3 Å². The van der Waals surface area contributed by atoms with E-state index in [-0.39, 0.29) is 6.04 Å². The molecule has 2 aromatic rings. The van der Waals surface area contributed by atoms with Crippen molar-refractivity contribution in [2.24, 2.45) is 11.8 Å². The number of imidazole rings is 1. The zero-order valence-electron chi connectivity index (χ0n) is 14.8. The van der Waals surface area contributed by atoms with Gasteiger partial charge in [-0.2, -0.15) is 0 Å². The van der Waals surface area contributed by atoms with Gasteiger partial charge in [0.15, 0.2) is 11.7 Å². The van der Waals surface area contributed by atoms with Gasteiger partial charge in [0.25, 0.3) is 5.82 Å². The van der Waals surface area contributed by atoms with Crippen LogP contribution in [0, 0.1) is 17.0 Å². The Kier molecular flexibility index (Phi) is 3.45. The van der Waals surface area contributed by atoms with Crippen LogP contribution in [0.1, 0.15) is 19.1 Å². The third-order valence-electron chi connectivity index (χ3n) is 6.71. The van der Waals surface area contributed by atoms with E-state index in [1.165, 1.54) is 10.9 Å². The quantitative estimate of drug-likeness (QED) is 0.270. The number of hydrogen-bond acceptors (Lipinski definition) is 9. The molecule has 6 rings (SSSR count). The fourth-order valence-electron chi connectivity index (χ4n) is 5.29. The number of ether oxygens (including phenoxy) is 2. The third kappa shape index (κ3) is 2.19. The van der Waals surface area contributed by atoms with E-state index < -0.39 is 31.1 Å². The molecule has 28 heavy (non-hydrogen) atoms. The number of epoxide rings is 1. The van der Waals surface area contributed by atoms with Gasteiger partial charge in [-0.3, -0.25) is 4.57 Å². The van der Waals surface area contributed by atoms with Crippen LogP contribution in [0.4, 0.5) is 5.82 Å². The van der Waals surface area contributed by atoms with Crippen molar-refractivity contribution in [1.29, 1.82) is 0 Å². The Morgan fingerprint density at radius 1 is 1.21 bits per heavy atom. The van der Waals surface area contributed by atoms with E-state index in [4.69, 9.17) is 9.47 Å². The van der Waals surface area contributed by atoms with Crippen molar-refractivity contribution >= 4 is 17.0 Å². The number of aromatic nitrogens is 4. The first-order chi connectivity index (χ1) is 13.6. The van der Waals surface area contributed by atoms with Crippen molar-refractivity contribution < 1.29 is 29.5 Å². The van der Waals surface area contributed by atoms with Crippen molar-refractivity contribution in [2.45, 2.75) is 55.6 Å². The zero-order chi connectivity index (χ0) is 19.2. The second kappa shape index (κ2) is 5.74. The lowest BCUT2D eigenvalue weighted by atomic mass is 9.95. The monoisotopic (exact) mass is 391 g/mol. The highest BCUT2D eigenvalue weighted by Crippen LogP contribution is 2.56. The molecule has 11 heteroatoms. The molecule has 2 saturated carbocycles. The summed E-state index contributed by atoms with van der Waals surface area (Å²) >= 11 is 0. The first-order valence-electron chi connectivity index (χ1n) is 9.56. The van der Waals surface area contributed by atoms with Gasteiger partial charge in [0.05, 0.1) is 24.9 Å². The van der Waals surface area contributed by atoms with E-state index in [0.29, 0.717) is 45.8 Å². The van der Waals surface area contributed by atoms with Gasteiger partial charge in [-0.25, -0.2) is 9.71 Å². The molecule has 5 unspecified atom stereocenters. The van der Waals surface area contributed by atoms with Crippen LogP contribution in [-0.2, 0) is 9.47 Å². The van der Waals surface area contributed by atoms with Crippen molar-refractivity contribution in [3.05, 3.63) is 17.9 Å². The smallest absolute Gasteiger partial charge is 0.253 e. The summed E-state index contributed by atoms with van der Waals surface area (Å²) in [7, 11) is 0. The predicted molar refractivity (Wildman–Crippen MR) is 91.8 cm³/mol. The molecule has 4 N–H and O–H groups in total. The van der Waals surface area contributed by atoms with Crippen molar-refractivity contribution in [3.63, 3.8) is 0 Å². The number of aliphatic hydroxyl groups excluding tert-OH is 3. The lowest BCUT2D eigenvalue weighted by Gasteiger charge is -2.21. The summed E-state index contributed by atoms with van der Waals surface area (Å²) in [5, 5.41) is 45.4. The second-order valence-corrected chi connectivity index (χ2v) is 8.18. The largest absolute Gasteiger partial charge is 0.740 e. The van der Waals surface area contributed by atoms with E-state index in [1.807, 2.05) is 0 Å². The number of aliphatic hydroxyl groups is 3. The van der Waals surface area contributed by atoms with E-state index >= 15 is 0 Å². The minimum Gasteiger partial charge on any atom is -0.740 e. The average Bonchev–Trinajstić information content (AvgIpc) is 2.97. The molecular formula is C17H21N5O6. The van der Waals surface area contributed by atoms with E-state index in [9.17, 15) is 20.5 Å². The fraction of sp³-hybridized carbons (Fsp3) is 0.706. The molecule has 0 aromatic carbocycles. The lowest BCUT2D eigenvalue weighted by Crippen LogP contribution is -2.38. The number of nitrogens with one attached hydrogen (secondary N) is 1. The summed E-state index contributed by atoms with van der Waals surface area (Å²) in [4.78, 5) is 8.47. The molecule has 2 bridgehead atoms. The molecule has 0 radical (unpaired) electrons. The highest BCUT2D eigenvalue weighted by molar-refractivity contribution is 5.81. The highest BCUT2D eigenvalue weighted by Gasteiger charge is 2.64. The number of fused-ring (bicyclic) bond motifs is 6. The summed E-state index contributed by atoms with van der Waals surface area (Å²) in [6.45, 7) is -0.420. The molecule has 2 saturated heterocycles. The van der Waals surface area contributed by atoms with Gasteiger partial charge in [-0.05, 0) is 18.8 Å². The van der Waals surface area contributed by atoms with Crippen molar-refractivity contribution in [2.75, 3.05) is 11.9 Å². The molecular weight excluding hydrogens is 370 g/mol. The van der Waals surface area contributed by atoms with Crippen molar-refractivity contribution in [3.8, 4) is 0 Å². The van der Waals surface area contributed by atoms with Crippen LogP contribution in [-0.4, -0.2) is 73.0 Å². The van der Waals surface area contributed by atoms with Gasteiger partial charge >= 0.3 is 0 Å². The standard InChI is InChI=1S/C17H21N5O6/c23-3-9-11(24)12(25)17(27-9)21-4-18-10-15(21)19-5-22(26)16(10)20-8-2-6-1-7(8)14-13(6)28-14/h4-9,11-14,17,20,23-25H,1-3H2/t6?,7?,8?,9-,11-,12-,13?,14?,17-/m1/s1. The second-order valence-electron chi connectivity index (χ2n) is 8.18. The minimum atomic E-state index is -1.25. The molecule has 4 fully saturated rings. The van der Waals surface area contributed by atoms with Gasteiger partial charge in [-0.15, -0.1) is 0 Å². The third-order valence-corrected chi connectivity index (χ3v) is 6.71. The van der Waals surface area contributed by atoms with Crippen LogP contribution in [0.2, 0.25) is 0 Å². The van der Waals surface area contributed by atoms with Crippen LogP contribution in [0.15, 0.2) is 12.7 Å². The Bertz CT molecular complexity index is 938. The first-order valence-corrected chi connectivity index (χ1v) is 9.56. The van der Waals surface area contributed by atoms with Gasteiger partial charge < -0.3 is 35.3 Å². The molecule has 4 heterocycles. The lowest BCUT2D eigenvalue weighted by molar-refractivity contribution is -0.592. The summed E-state index contributed by atoms with van der Waals surface area (Å²) in [5.41, 5.74) is 0.722. The summed E-state index contributed by atoms with van der Waals surface area (Å²) in [6.07, 6.45) is 1.05. The van der Waals surface area contributed by atoms with Crippen LogP contribution in [0.25, 0.3) is 11.2 Å². The Morgan fingerprint density at radius 3 is 2.79 bits per heavy atom. The Hall–Kier alpha value is -2.05. The Morgan fingerprint density at radius 2 is 2.07 bits per heavy atom. The minimum absolute atomic E-state index is 0.151. The topological polar surface area (TPSA) is 152 Å². The summed E-state index contributed by atoms with van der Waals surface area (Å²) in [5.74, 6) is 1.27. The van der Waals surface area contributed by atoms with Crippen LogP contribution >= 0.6 is 0 Å². The Labute approximate surface area is 159 Å². The molecule has 2 aromatic heterocycles.